The number of halogens is 1. The molecule has 0 amide bonds. The molecule has 1 heterocycles. The van der Waals surface area contributed by atoms with Gasteiger partial charge in [-0.25, -0.2) is 12.8 Å². The second kappa shape index (κ2) is 7.01. The van der Waals surface area contributed by atoms with Gasteiger partial charge in [-0.15, -0.1) is 0 Å². The van der Waals surface area contributed by atoms with Crippen molar-refractivity contribution >= 4 is 10.0 Å². The monoisotopic (exact) mass is 349 g/mol. The minimum Gasteiger partial charge on any atom is -0.375 e. The topological polar surface area (TPSA) is 46.6 Å². The van der Waals surface area contributed by atoms with Gasteiger partial charge in [-0.2, -0.15) is 4.31 Å². The molecule has 1 saturated heterocycles. The summed E-state index contributed by atoms with van der Waals surface area (Å²) in [7, 11) is -3.73. The number of ether oxygens (including phenoxy) is 1. The van der Waals surface area contributed by atoms with Crippen LogP contribution >= 0.6 is 0 Å². The molecule has 1 aliphatic rings. The van der Waals surface area contributed by atoms with Crippen molar-refractivity contribution in [1.29, 1.82) is 0 Å². The first-order valence-corrected chi connectivity index (χ1v) is 9.32. The number of sulfonamides is 1. The number of hydrogen-bond acceptors (Lipinski definition) is 3. The summed E-state index contributed by atoms with van der Waals surface area (Å²) >= 11 is 0. The van der Waals surface area contributed by atoms with E-state index < -0.39 is 15.8 Å². The number of rotatable bonds is 4. The summed E-state index contributed by atoms with van der Waals surface area (Å²) in [5.74, 6) is -0.548. The number of nitrogens with zero attached hydrogens (tertiary/aromatic N) is 1. The lowest BCUT2D eigenvalue weighted by molar-refractivity contribution is -0.000508. The molecule has 1 fully saturated rings. The zero-order chi connectivity index (χ0) is 17.2. The lowest BCUT2D eigenvalue weighted by Gasteiger charge is -2.32. The Morgan fingerprint density at radius 1 is 1.21 bits per heavy atom. The Hall–Kier alpha value is -1.76. The largest absolute Gasteiger partial charge is 0.375 e. The van der Waals surface area contributed by atoms with E-state index in [1.54, 1.807) is 6.92 Å². The number of aryl methyl sites for hydroxylation is 1. The van der Waals surface area contributed by atoms with Crippen LogP contribution in [0.25, 0.3) is 0 Å². The van der Waals surface area contributed by atoms with Crippen LogP contribution in [0.1, 0.15) is 11.1 Å². The van der Waals surface area contributed by atoms with E-state index in [1.165, 1.54) is 16.4 Å². The Morgan fingerprint density at radius 2 is 1.96 bits per heavy atom. The Kier molecular flexibility index (Phi) is 4.99. The van der Waals surface area contributed by atoms with Crippen LogP contribution in [-0.4, -0.2) is 38.5 Å². The van der Waals surface area contributed by atoms with Crippen LogP contribution < -0.4 is 0 Å². The molecular formula is C18H20FNO3S. The van der Waals surface area contributed by atoms with Gasteiger partial charge >= 0.3 is 0 Å². The van der Waals surface area contributed by atoms with Gasteiger partial charge in [-0.3, -0.25) is 0 Å². The van der Waals surface area contributed by atoms with Gasteiger partial charge in [0.2, 0.25) is 10.0 Å². The zero-order valence-corrected chi connectivity index (χ0v) is 14.3. The maximum atomic E-state index is 13.5. The summed E-state index contributed by atoms with van der Waals surface area (Å²) in [5.41, 5.74) is 1.64. The summed E-state index contributed by atoms with van der Waals surface area (Å²) < 4.78 is 46.3. The molecule has 0 N–H and O–H groups in total. The highest BCUT2D eigenvalue weighted by Gasteiger charge is 2.32. The molecule has 0 aromatic heterocycles. The highest BCUT2D eigenvalue weighted by atomic mass is 32.2. The van der Waals surface area contributed by atoms with Crippen LogP contribution in [0, 0.1) is 12.7 Å². The molecular weight excluding hydrogens is 329 g/mol. The average Bonchev–Trinajstić information content (AvgIpc) is 2.58. The van der Waals surface area contributed by atoms with Crippen molar-refractivity contribution in [2.45, 2.75) is 24.3 Å². The summed E-state index contributed by atoms with van der Waals surface area (Å²) in [6.45, 7) is 2.57. The minimum atomic E-state index is -3.73. The summed E-state index contributed by atoms with van der Waals surface area (Å²) in [6, 6.07) is 13.7. The number of morpholine rings is 1. The number of hydrogen-bond donors (Lipinski definition) is 0. The molecule has 4 nitrogen and oxygen atoms in total. The first-order valence-electron chi connectivity index (χ1n) is 7.88. The molecule has 24 heavy (non-hydrogen) atoms. The van der Waals surface area contributed by atoms with Crippen molar-refractivity contribution in [3.05, 3.63) is 65.5 Å². The van der Waals surface area contributed by atoms with Crippen molar-refractivity contribution in [2.75, 3.05) is 19.7 Å². The number of benzene rings is 2. The molecule has 1 unspecified atom stereocenters. The minimum absolute atomic E-state index is 0.0304. The average molecular weight is 349 g/mol. The Labute approximate surface area is 141 Å². The molecule has 2 aromatic carbocycles. The molecule has 0 bridgehead atoms. The van der Waals surface area contributed by atoms with Gasteiger partial charge in [0.05, 0.1) is 17.6 Å². The van der Waals surface area contributed by atoms with Crippen molar-refractivity contribution in [3.63, 3.8) is 0 Å². The maximum Gasteiger partial charge on any atom is 0.243 e. The molecule has 1 atom stereocenters. The Morgan fingerprint density at radius 3 is 2.71 bits per heavy atom. The normalized spacial score (nSPS) is 19.3. The van der Waals surface area contributed by atoms with Crippen molar-refractivity contribution in [3.8, 4) is 0 Å². The van der Waals surface area contributed by atoms with E-state index in [9.17, 15) is 12.8 Å². The van der Waals surface area contributed by atoms with Gasteiger partial charge in [0, 0.05) is 13.1 Å². The standard InChI is InChI=1S/C18H20FNO3S/c1-14-7-8-16(19)12-18(14)24(21,22)20-9-10-23-17(13-20)11-15-5-3-2-4-6-15/h2-8,12,17H,9-11,13H2,1H3. The van der Waals surface area contributed by atoms with E-state index in [0.29, 0.717) is 18.6 Å². The molecule has 0 radical (unpaired) electrons. The lowest BCUT2D eigenvalue weighted by Crippen LogP contribution is -2.46. The van der Waals surface area contributed by atoms with E-state index in [0.717, 1.165) is 11.6 Å². The molecule has 0 aliphatic carbocycles. The van der Waals surface area contributed by atoms with Crippen molar-refractivity contribution in [2.24, 2.45) is 0 Å². The molecule has 2 aromatic rings. The van der Waals surface area contributed by atoms with E-state index in [4.69, 9.17) is 4.74 Å². The van der Waals surface area contributed by atoms with Gasteiger partial charge in [-0.05, 0) is 36.6 Å². The van der Waals surface area contributed by atoms with E-state index in [-0.39, 0.29) is 24.1 Å². The zero-order valence-electron chi connectivity index (χ0n) is 13.5. The Balaban J connectivity index is 1.79. The third-order valence-corrected chi connectivity index (χ3v) is 6.18. The van der Waals surface area contributed by atoms with Crippen LogP contribution in [-0.2, 0) is 21.2 Å². The lowest BCUT2D eigenvalue weighted by atomic mass is 10.1. The third kappa shape index (κ3) is 3.66. The maximum absolute atomic E-state index is 13.5. The summed E-state index contributed by atoms with van der Waals surface area (Å²) in [6.07, 6.45) is 0.444. The fraction of sp³-hybridized carbons (Fsp3) is 0.333. The third-order valence-electron chi connectivity index (χ3n) is 4.18. The van der Waals surface area contributed by atoms with Crippen LogP contribution in [0.3, 0.4) is 0 Å². The van der Waals surface area contributed by atoms with Crippen LogP contribution in [0.5, 0.6) is 0 Å². The van der Waals surface area contributed by atoms with E-state index in [1.807, 2.05) is 30.3 Å². The molecule has 6 heteroatoms. The van der Waals surface area contributed by atoms with Gasteiger partial charge in [0.25, 0.3) is 0 Å². The first-order chi connectivity index (χ1) is 11.5. The van der Waals surface area contributed by atoms with E-state index in [2.05, 4.69) is 0 Å². The molecule has 0 saturated carbocycles. The fourth-order valence-electron chi connectivity index (χ4n) is 2.90. The van der Waals surface area contributed by atoms with Gasteiger partial charge in [0.1, 0.15) is 5.82 Å². The van der Waals surface area contributed by atoms with Gasteiger partial charge in [-0.1, -0.05) is 36.4 Å². The smallest absolute Gasteiger partial charge is 0.243 e. The van der Waals surface area contributed by atoms with Gasteiger partial charge in [0.15, 0.2) is 0 Å². The molecule has 0 spiro atoms. The van der Waals surface area contributed by atoms with Crippen LogP contribution in [0.4, 0.5) is 4.39 Å². The van der Waals surface area contributed by atoms with E-state index >= 15 is 0 Å². The summed E-state index contributed by atoms with van der Waals surface area (Å²) in [5, 5.41) is 0. The predicted octanol–water partition coefficient (Wildman–Crippen LogP) is 2.77. The highest BCUT2D eigenvalue weighted by Crippen LogP contribution is 2.23. The first kappa shape index (κ1) is 17.1. The predicted molar refractivity (Wildman–Crippen MR) is 89.8 cm³/mol. The Bertz CT molecular complexity index is 808. The second-order valence-corrected chi connectivity index (χ2v) is 7.86. The second-order valence-electron chi connectivity index (χ2n) is 5.96. The summed E-state index contributed by atoms with van der Waals surface area (Å²) in [4.78, 5) is 0.0304. The fourth-order valence-corrected chi connectivity index (χ4v) is 4.59. The quantitative estimate of drug-likeness (QED) is 0.853. The molecule has 128 valence electrons. The SMILES string of the molecule is Cc1ccc(F)cc1S(=O)(=O)N1CCOC(Cc2ccccc2)C1. The highest BCUT2D eigenvalue weighted by molar-refractivity contribution is 7.89. The van der Waals surface area contributed by atoms with Crippen LogP contribution in [0.2, 0.25) is 0 Å². The molecule has 1 aliphatic heterocycles. The van der Waals surface area contributed by atoms with Crippen molar-refractivity contribution in [1.82, 2.24) is 4.31 Å². The molecule has 3 rings (SSSR count). The van der Waals surface area contributed by atoms with Gasteiger partial charge < -0.3 is 4.74 Å². The van der Waals surface area contributed by atoms with Crippen molar-refractivity contribution < 1.29 is 17.5 Å². The van der Waals surface area contributed by atoms with Crippen LogP contribution in [0.15, 0.2) is 53.4 Å².